The van der Waals surface area contributed by atoms with Crippen LogP contribution in [0, 0.1) is 11.3 Å². The van der Waals surface area contributed by atoms with E-state index in [1.54, 1.807) is 0 Å². The summed E-state index contributed by atoms with van der Waals surface area (Å²) in [6.45, 7) is 0. The highest BCUT2D eigenvalue weighted by atomic mass is 16.5. The topological polar surface area (TPSA) is 36.3 Å². The van der Waals surface area contributed by atoms with E-state index in [1.807, 2.05) is 72.8 Å². The van der Waals surface area contributed by atoms with Gasteiger partial charge in [-0.3, -0.25) is 0 Å². The molecular weight excluding hydrogens is 272 g/mol. The van der Waals surface area contributed by atoms with Gasteiger partial charge in [-0.25, -0.2) is 0 Å². The standard InChI is InChI=1S/C19H12N2O/c20-13-14-6-5-7-15(12-14)21-16-8-1-3-10-18(16)22-19-11-4-2-9-17(19)21/h1-12H. The van der Waals surface area contributed by atoms with E-state index in [-0.39, 0.29) is 0 Å². The zero-order valence-electron chi connectivity index (χ0n) is 11.7. The van der Waals surface area contributed by atoms with Gasteiger partial charge in [0.15, 0.2) is 11.5 Å². The number of nitriles is 1. The van der Waals surface area contributed by atoms with Crippen molar-refractivity contribution >= 4 is 17.1 Å². The van der Waals surface area contributed by atoms with E-state index in [2.05, 4.69) is 11.0 Å². The zero-order chi connectivity index (χ0) is 14.9. The van der Waals surface area contributed by atoms with Crippen LogP contribution in [-0.4, -0.2) is 0 Å². The van der Waals surface area contributed by atoms with Crippen LogP contribution in [0.1, 0.15) is 5.56 Å². The van der Waals surface area contributed by atoms with Crippen LogP contribution < -0.4 is 9.64 Å². The molecule has 3 aromatic carbocycles. The van der Waals surface area contributed by atoms with Crippen molar-refractivity contribution in [2.75, 3.05) is 4.90 Å². The van der Waals surface area contributed by atoms with Gasteiger partial charge in [-0.15, -0.1) is 0 Å². The summed E-state index contributed by atoms with van der Waals surface area (Å²) in [5.41, 5.74) is 3.52. The van der Waals surface area contributed by atoms with E-state index in [0.29, 0.717) is 5.56 Å². The third-order valence-electron chi connectivity index (χ3n) is 3.67. The Morgan fingerprint density at radius 2 is 1.41 bits per heavy atom. The van der Waals surface area contributed by atoms with Crippen molar-refractivity contribution in [3.63, 3.8) is 0 Å². The lowest BCUT2D eigenvalue weighted by Crippen LogP contribution is -2.15. The number of rotatable bonds is 1. The van der Waals surface area contributed by atoms with Crippen LogP contribution in [0.2, 0.25) is 0 Å². The van der Waals surface area contributed by atoms with E-state index >= 15 is 0 Å². The summed E-state index contributed by atoms with van der Waals surface area (Å²) in [4.78, 5) is 2.12. The minimum atomic E-state index is 0.638. The van der Waals surface area contributed by atoms with Crippen LogP contribution in [0.25, 0.3) is 0 Å². The molecule has 0 bridgehead atoms. The largest absolute Gasteiger partial charge is 0.453 e. The smallest absolute Gasteiger partial charge is 0.151 e. The van der Waals surface area contributed by atoms with Crippen molar-refractivity contribution < 1.29 is 4.74 Å². The van der Waals surface area contributed by atoms with Gasteiger partial charge in [0.1, 0.15) is 0 Å². The Morgan fingerprint density at radius 3 is 2.05 bits per heavy atom. The first kappa shape index (κ1) is 12.5. The molecule has 0 atom stereocenters. The first-order chi connectivity index (χ1) is 10.9. The van der Waals surface area contributed by atoms with Crippen LogP contribution >= 0.6 is 0 Å². The Hall–Kier alpha value is -3.25. The molecule has 1 aliphatic rings. The predicted octanol–water partition coefficient (Wildman–Crippen LogP) is 5.13. The Balaban J connectivity index is 1.96. The summed E-state index contributed by atoms with van der Waals surface area (Å²) >= 11 is 0. The second kappa shape index (κ2) is 4.94. The highest BCUT2D eigenvalue weighted by Gasteiger charge is 2.25. The normalized spacial score (nSPS) is 11.9. The average molecular weight is 284 g/mol. The molecule has 0 unspecified atom stereocenters. The van der Waals surface area contributed by atoms with Gasteiger partial charge >= 0.3 is 0 Å². The molecule has 4 rings (SSSR count). The number of hydrogen-bond acceptors (Lipinski definition) is 3. The molecule has 3 heteroatoms. The van der Waals surface area contributed by atoms with Crippen LogP contribution in [-0.2, 0) is 0 Å². The maximum absolute atomic E-state index is 9.16. The molecule has 3 nitrogen and oxygen atoms in total. The summed E-state index contributed by atoms with van der Waals surface area (Å²) in [5, 5.41) is 9.16. The molecule has 104 valence electrons. The van der Waals surface area contributed by atoms with Crippen molar-refractivity contribution in [3.8, 4) is 17.6 Å². The van der Waals surface area contributed by atoms with Gasteiger partial charge in [0.2, 0.25) is 0 Å². The maximum atomic E-state index is 9.16. The molecule has 0 aromatic heterocycles. The Kier molecular flexibility index (Phi) is 2.80. The number of anilines is 3. The highest BCUT2D eigenvalue weighted by Crippen LogP contribution is 2.49. The molecule has 0 radical (unpaired) electrons. The molecule has 22 heavy (non-hydrogen) atoms. The predicted molar refractivity (Wildman–Crippen MR) is 85.9 cm³/mol. The fraction of sp³-hybridized carbons (Fsp3) is 0. The number of ether oxygens (including phenoxy) is 1. The molecular formula is C19H12N2O. The van der Waals surface area contributed by atoms with E-state index in [0.717, 1.165) is 28.6 Å². The first-order valence-electron chi connectivity index (χ1n) is 7.03. The number of fused-ring (bicyclic) bond motifs is 2. The summed E-state index contributed by atoms with van der Waals surface area (Å²) in [6, 6.07) is 25.6. The highest BCUT2D eigenvalue weighted by molar-refractivity contribution is 5.86. The van der Waals surface area contributed by atoms with Gasteiger partial charge in [0.05, 0.1) is 23.0 Å². The molecule has 1 heterocycles. The van der Waals surface area contributed by atoms with E-state index in [9.17, 15) is 0 Å². The van der Waals surface area contributed by atoms with Crippen LogP contribution in [0.5, 0.6) is 11.5 Å². The summed E-state index contributed by atoms with van der Waals surface area (Å²) in [5.74, 6) is 1.62. The third-order valence-corrected chi connectivity index (χ3v) is 3.67. The van der Waals surface area contributed by atoms with Gasteiger partial charge in [-0.2, -0.15) is 5.26 Å². The summed E-state index contributed by atoms with van der Waals surface area (Å²) < 4.78 is 5.98. The van der Waals surface area contributed by atoms with E-state index in [1.165, 1.54) is 0 Å². The van der Waals surface area contributed by atoms with Gasteiger partial charge in [-0.05, 0) is 42.5 Å². The lowest BCUT2D eigenvalue weighted by atomic mass is 10.1. The fourth-order valence-corrected chi connectivity index (χ4v) is 2.70. The van der Waals surface area contributed by atoms with Gasteiger partial charge in [-0.1, -0.05) is 30.3 Å². The Morgan fingerprint density at radius 1 is 0.773 bits per heavy atom. The number of para-hydroxylation sites is 4. The number of hydrogen-bond donors (Lipinski definition) is 0. The summed E-state index contributed by atoms with van der Waals surface area (Å²) in [6.07, 6.45) is 0. The van der Waals surface area contributed by atoms with Crippen molar-refractivity contribution in [1.82, 2.24) is 0 Å². The lowest BCUT2D eigenvalue weighted by molar-refractivity contribution is 0.477. The molecule has 0 saturated carbocycles. The van der Waals surface area contributed by atoms with Crippen molar-refractivity contribution in [2.45, 2.75) is 0 Å². The first-order valence-corrected chi connectivity index (χ1v) is 7.03. The average Bonchev–Trinajstić information content (AvgIpc) is 2.59. The minimum absolute atomic E-state index is 0.638. The lowest BCUT2D eigenvalue weighted by Gasteiger charge is -2.32. The van der Waals surface area contributed by atoms with E-state index in [4.69, 9.17) is 10.00 Å². The van der Waals surface area contributed by atoms with Crippen LogP contribution in [0.4, 0.5) is 17.1 Å². The maximum Gasteiger partial charge on any atom is 0.151 e. The van der Waals surface area contributed by atoms with Gasteiger partial charge in [0.25, 0.3) is 0 Å². The van der Waals surface area contributed by atoms with Gasteiger partial charge < -0.3 is 9.64 Å². The molecule has 0 amide bonds. The van der Waals surface area contributed by atoms with Crippen molar-refractivity contribution in [2.24, 2.45) is 0 Å². The molecule has 0 N–H and O–H groups in total. The second-order valence-corrected chi connectivity index (χ2v) is 5.04. The molecule has 0 saturated heterocycles. The van der Waals surface area contributed by atoms with Gasteiger partial charge in [0, 0.05) is 5.69 Å². The molecule has 0 aliphatic carbocycles. The zero-order valence-corrected chi connectivity index (χ0v) is 11.7. The van der Waals surface area contributed by atoms with Crippen molar-refractivity contribution in [3.05, 3.63) is 78.4 Å². The second-order valence-electron chi connectivity index (χ2n) is 5.04. The molecule has 0 spiro atoms. The fourth-order valence-electron chi connectivity index (χ4n) is 2.70. The van der Waals surface area contributed by atoms with Crippen LogP contribution in [0.3, 0.4) is 0 Å². The minimum Gasteiger partial charge on any atom is -0.453 e. The van der Waals surface area contributed by atoms with Crippen LogP contribution in [0.15, 0.2) is 72.8 Å². The Labute approximate surface area is 128 Å². The molecule has 3 aromatic rings. The third kappa shape index (κ3) is 1.90. The monoisotopic (exact) mass is 284 g/mol. The number of benzene rings is 3. The number of nitrogens with zero attached hydrogens (tertiary/aromatic N) is 2. The quantitative estimate of drug-likeness (QED) is 0.486. The summed E-state index contributed by atoms with van der Waals surface area (Å²) in [7, 11) is 0. The molecule has 1 aliphatic heterocycles. The van der Waals surface area contributed by atoms with E-state index < -0.39 is 0 Å². The molecule has 0 fully saturated rings. The SMILES string of the molecule is N#Cc1cccc(N2c3ccccc3Oc3ccccc32)c1. The Bertz CT molecular complexity index is 850. The van der Waals surface area contributed by atoms with Crippen molar-refractivity contribution in [1.29, 1.82) is 5.26 Å².